The number of esters is 1. The average Bonchev–Trinajstić information content (AvgIpc) is 2.46. The molecule has 1 aliphatic carbocycles. The Hall–Kier alpha value is -1.62. The molecule has 1 aromatic heterocycles. The topological polar surface area (TPSA) is 68.3 Å². The molecule has 6 heteroatoms. The summed E-state index contributed by atoms with van der Waals surface area (Å²) in [5.74, 6) is -0.918. The first-order valence-electron chi connectivity index (χ1n) is 6.73. The molecular weight excluding hydrogens is 280 g/mol. The predicted molar refractivity (Wildman–Crippen MR) is 74.5 cm³/mol. The Kier molecular flexibility index (Phi) is 5.35. The molecule has 1 aromatic rings. The van der Waals surface area contributed by atoms with E-state index in [0.717, 1.165) is 25.7 Å². The van der Waals surface area contributed by atoms with Crippen LogP contribution in [0, 0.1) is 0 Å². The van der Waals surface area contributed by atoms with Crippen LogP contribution >= 0.6 is 11.6 Å². The lowest BCUT2D eigenvalue weighted by Crippen LogP contribution is -2.38. The van der Waals surface area contributed by atoms with E-state index < -0.39 is 5.97 Å². The Bertz CT molecular complexity index is 487. The van der Waals surface area contributed by atoms with Crippen LogP contribution in [0.5, 0.6) is 0 Å². The quantitative estimate of drug-likeness (QED) is 0.866. The molecule has 1 amide bonds. The third-order valence-corrected chi connectivity index (χ3v) is 3.47. The lowest BCUT2D eigenvalue weighted by Gasteiger charge is -2.22. The van der Waals surface area contributed by atoms with Gasteiger partial charge in [-0.1, -0.05) is 30.9 Å². The van der Waals surface area contributed by atoms with Gasteiger partial charge in [-0.05, 0) is 25.0 Å². The van der Waals surface area contributed by atoms with E-state index in [-0.39, 0.29) is 24.2 Å². The summed E-state index contributed by atoms with van der Waals surface area (Å²) in [5, 5.41) is 3.28. The van der Waals surface area contributed by atoms with Gasteiger partial charge >= 0.3 is 5.97 Å². The van der Waals surface area contributed by atoms with Crippen LogP contribution in [0.15, 0.2) is 18.3 Å². The fourth-order valence-corrected chi connectivity index (χ4v) is 2.40. The molecule has 1 N–H and O–H groups in total. The van der Waals surface area contributed by atoms with Crippen molar-refractivity contribution in [2.75, 3.05) is 6.61 Å². The molecule has 0 saturated heterocycles. The maximum atomic E-state index is 11.7. The molecule has 1 aliphatic rings. The van der Waals surface area contributed by atoms with Crippen molar-refractivity contribution in [3.05, 3.63) is 29.0 Å². The Morgan fingerprint density at radius 3 is 2.80 bits per heavy atom. The number of aromatic nitrogens is 1. The fraction of sp³-hybridized carbons (Fsp3) is 0.500. The molecule has 0 aromatic carbocycles. The van der Waals surface area contributed by atoms with Gasteiger partial charge in [-0.25, -0.2) is 9.78 Å². The highest BCUT2D eigenvalue weighted by molar-refractivity contribution is 6.30. The van der Waals surface area contributed by atoms with Crippen molar-refractivity contribution in [3.8, 4) is 0 Å². The van der Waals surface area contributed by atoms with Gasteiger partial charge in [0.1, 0.15) is 5.69 Å². The zero-order valence-corrected chi connectivity index (χ0v) is 11.9. The Balaban J connectivity index is 1.76. The third-order valence-electron chi connectivity index (χ3n) is 3.24. The summed E-state index contributed by atoms with van der Waals surface area (Å²) in [6.07, 6.45) is 6.90. The van der Waals surface area contributed by atoms with E-state index >= 15 is 0 Å². The van der Waals surface area contributed by atoms with E-state index in [1.54, 1.807) is 6.07 Å². The smallest absolute Gasteiger partial charge is 0.357 e. The lowest BCUT2D eigenvalue weighted by atomic mass is 9.95. The van der Waals surface area contributed by atoms with Crippen molar-refractivity contribution in [3.63, 3.8) is 0 Å². The number of carbonyl (C=O) groups excluding carboxylic acids is 2. The number of nitrogens with zero attached hydrogens (tertiary/aromatic N) is 1. The second kappa shape index (κ2) is 7.24. The fourth-order valence-electron chi connectivity index (χ4n) is 2.24. The SMILES string of the molecule is O=C(COC(=O)c1cc(Cl)ccn1)NC1CCCCC1. The highest BCUT2D eigenvalue weighted by Crippen LogP contribution is 2.17. The molecule has 0 aliphatic heterocycles. The number of carbonyl (C=O) groups is 2. The van der Waals surface area contributed by atoms with Crippen molar-refractivity contribution >= 4 is 23.5 Å². The Morgan fingerprint density at radius 1 is 1.35 bits per heavy atom. The maximum Gasteiger partial charge on any atom is 0.357 e. The second-order valence-electron chi connectivity index (χ2n) is 4.84. The van der Waals surface area contributed by atoms with Crippen LogP contribution in [0.25, 0.3) is 0 Å². The van der Waals surface area contributed by atoms with E-state index in [1.165, 1.54) is 18.7 Å². The molecule has 0 spiro atoms. The largest absolute Gasteiger partial charge is 0.451 e. The monoisotopic (exact) mass is 296 g/mol. The minimum atomic E-state index is -0.647. The summed E-state index contributed by atoms with van der Waals surface area (Å²) < 4.78 is 4.91. The lowest BCUT2D eigenvalue weighted by molar-refractivity contribution is -0.125. The first-order chi connectivity index (χ1) is 9.65. The zero-order valence-electron chi connectivity index (χ0n) is 11.1. The first kappa shape index (κ1) is 14.8. The number of ether oxygens (including phenoxy) is 1. The Labute approximate surface area is 122 Å². The van der Waals surface area contributed by atoms with Crippen LogP contribution in [0.4, 0.5) is 0 Å². The molecule has 5 nitrogen and oxygen atoms in total. The van der Waals surface area contributed by atoms with Crippen LogP contribution in [0.3, 0.4) is 0 Å². The van der Waals surface area contributed by atoms with Gasteiger partial charge in [-0.15, -0.1) is 0 Å². The van der Waals surface area contributed by atoms with E-state index in [2.05, 4.69) is 10.3 Å². The van der Waals surface area contributed by atoms with E-state index in [4.69, 9.17) is 16.3 Å². The highest BCUT2D eigenvalue weighted by Gasteiger charge is 2.17. The number of hydrogen-bond acceptors (Lipinski definition) is 4. The normalized spacial score (nSPS) is 15.7. The molecular formula is C14H17ClN2O3. The predicted octanol–water partition coefficient (Wildman–Crippen LogP) is 2.34. The summed E-state index contributed by atoms with van der Waals surface area (Å²) >= 11 is 5.75. The second-order valence-corrected chi connectivity index (χ2v) is 5.27. The molecule has 1 fully saturated rings. The third kappa shape index (κ3) is 4.49. The molecule has 1 heterocycles. The number of rotatable bonds is 4. The molecule has 2 rings (SSSR count). The maximum absolute atomic E-state index is 11.7. The summed E-state index contributed by atoms with van der Waals surface area (Å²) in [6, 6.07) is 3.18. The summed E-state index contributed by atoms with van der Waals surface area (Å²) in [5.41, 5.74) is 0.1000. The highest BCUT2D eigenvalue weighted by atomic mass is 35.5. The van der Waals surface area contributed by atoms with E-state index in [1.807, 2.05) is 0 Å². The molecule has 0 bridgehead atoms. The van der Waals surface area contributed by atoms with Crippen molar-refractivity contribution < 1.29 is 14.3 Å². The standard InChI is InChI=1S/C14H17ClN2O3/c15-10-6-7-16-12(8-10)14(19)20-9-13(18)17-11-4-2-1-3-5-11/h6-8,11H,1-5,9H2,(H,17,18). The van der Waals surface area contributed by atoms with Gasteiger partial charge in [0.25, 0.3) is 5.91 Å². The van der Waals surface area contributed by atoms with Crippen molar-refractivity contribution in [1.29, 1.82) is 0 Å². The number of pyridine rings is 1. The van der Waals surface area contributed by atoms with E-state index in [9.17, 15) is 9.59 Å². The van der Waals surface area contributed by atoms with Crippen LogP contribution < -0.4 is 5.32 Å². The number of halogens is 1. The molecule has 1 saturated carbocycles. The van der Waals surface area contributed by atoms with Crippen LogP contribution in [0.2, 0.25) is 5.02 Å². The van der Waals surface area contributed by atoms with Gasteiger partial charge in [-0.3, -0.25) is 4.79 Å². The molecule has 0 atom stereocenters. The van der Waals surface area contributed by atoms with Gasteiger partial charge in [0, 0.05) is 17.3 Å². The van der Waals surface area contributed by atoms with E-state index in [0.29, 0.717) is 5.02 Å². The first-order valence-corrected chi connectivity index (χ1v) is 7.11. The molecule has 0 unspecified atom stereocenters. The van der Waals surface area contributed by atoms with Gasteiger partial charge < -0.3 is 10.1 Å². The average molecular weight is 297 g/mol. The van der Waals surface area contributed by atoms with Gasteiger partial charge in [0.15, 0.2) is 6.61 Å². The van der Waals surface area contributed by atoms with Gasteiger partial charge in [-0.2, -0.15) is 0 Å². The number of nitrogens with one attached hydrogen (secondary N) is 1. The van der Waals surface area contributed by atoms with Crippen molar-refractivity contribution in [2.24, 2.45) is 0 Å². The van der Waals surface area contributed by atoms with Crippen molar-refractivity contribution in [2.45, 2.75) is 38.1 Å². The minimum Gasteiger partial charge on any atom is -0.451 e. The van der Waals surface area contributed by atoms with Crippen LogP contribution in [-0.4, -0.2) is 29.5 Å². The summed E-state index contributed by atoms with van der Waals surface area (Å²) in [7, 11) is 0. The summed E-state index contributed by atoms with van der Waals surface area (Å²) in [4.78, 5) is 27.2. The number of hydrogen-bond donors (Lipinski definition) is 1. The zero-order chi connectivity index (χ0) is 14.4. The summed E-state index contributed by atoms with van der Waals surface area (Å²) in [6.45, 7) is -0.288. The molecule has 20 heavy (non-hydrogen) atoms. The molecule has 108 valence electrons. The van der Waals surface area contributed by atoms with Crippen molar-refractivity contribution in [1.82, 2.24) is 10.3 Å². The minimum absolute atomic E-state index is 0.1000. The van der Waals surface area contributed by atoms with Crippen LogP contribution in [-0.2, 0) is 9.53 Å². The number of amides is 1. The van der Waals surface area contributed by atoms with Gasteiger partial charge in [0.2, 0.25) is 0 Å². The van der Waals surface area contributed by atoms with Crippen LogP contribution in [0.1, 0.15) is 42.6 Å². The molecule has 0 radical (unpaired) electrons. The van der Waals surface area contributed by atoms with Gasteiger partial charge in [0.05, 0.1) is 0 Å². The Morgan fingerprint density at radius 2 is 2.10 bits per heavy atom.